The van der Waals surface area contributed by atoms with Crippen molar-refractivity contribution in [2.24, 2.45) is 5.73 Å². The van der Waals surface area contributed by atoms with E-state index in [9.17, 15) is 4.79 Å². The van der Waals surface area contributed by atoms with E-state index in [0.29, 0.717) is 17.3 Å². The lowest BCUT2D eigenvalue weighted by atomic mass is 9.82. The van der Waals surface area contributed by atoms with Crippen LogP contribution in [0.1, 0.15) is 53.9 Å². The first kappa shape index (κ1) is 19.5. The molecule has 2 aromatic rings. The highest BCUT2D eigenvalue weighted by Gasteiger charge is 2.24. The summed E-state index contributed by atoms with van der Waals surface area (Å²) >= 11 is 0. The zero-order valence-electron chi connectivity index (χ0n) is 16.7. The monoisotopic (exact) mass is 395 g/mol. The number of ether oxygens (including phenoxy) is 1. The van der Waals surface area contributed by atoms with Crippen molar-refractivity contribution in [2.75, 3.05) is 42.3 Å². The van der Waals surface area contributed by atoms with Crippen LogP contribution in [0.5, 0.6) is 0 Å². The number of aromatic nitrogens is 1. The molecule has 1 aliphatic heterocycles. The van der Waals surface area contributed by atoms with Crippen LogP contribution in [0.15, 0.2) is 30.3 Å². The molecule has 2 heterocycles. The Morgan fingerprint density at radius 2 is 1.79 bits per heavy atom. The van der Waals surface area contributed by atoms with Gasteiger partial charge in [-0.05, 0) is 54.7 Å². The maximum atomic E-state index is 12.0. The zero-order valence-corrected chi connectivity index (χ0v) is 16.7. The number of morpholine rings is 1. The highest BCUT2D eigenvalue weighted by Crippen LogP contribution is 2.37. The Kier molecular flexibility index (Phi) is 5.85. The Morgan fingerprint density at radius 3 is 2.45 bits per heavy atom. The van der Waals surface area contributed by atoms with Crippen molar-refractivity contribution < 1.29 is 9.53 Å². The molecule has 0 radical (unpaired) electrons. The second-order valence-electron chi connectivity index (χ2n) is 7.83. The van der Waals surface area contributed by atoms with E-state index in [2.05, 4.69) is 27.3 Å². The summed E-state index contributed by atoms with van der Waals surface area (Å²) in [6, 6.07) is 10.2. The Bertz CT molecular complexity index is 856. The number of nitrogens with one attached hydrogen (secondary N) is 1. The predicted octanol–water partition coefficient (Wildman–Crippen LogP) is 3.39. The van der Waals surface area contributed by atoms with Crippen molar-refractivity contribution in [2.45, 2.75) is 38.0 Å². The lowest BCUT2D eigenvalue weighted by Crippen LogP contribution is -2.36. The quantitative estimate of drug-likeness (QED) is 0.716. The van der Waals surface area contributed by atoms with Gasteiger partial charge in [-0.1, -0.05) is 19.3 Å². The standard InChI is InChI=1S/C22H29N5O2/c23-21-20(22(24)28)18(15-4-2-1-3-5-15)14-19(26-21)25-16-6-8-17(9-7-16)27-10-12-29-13-11-27/h6-9,14-15H,1-5,10-13H2,(H2,24,28)(H3,23,25,26). The Hall–Kier alpha value is -2.80. The van der Waals surface area contributed by atoms with E-state index in [-0.39, 0.29) is 5.82 Å². The molecule has 5 N–H and O–H groups in total. The second kappa shape index (κ2) is 8.69. The van der Waals surface area contributed by atoms with Crippen molar-refractivity contribution in [1.82, 2.24) is 4.98 Å². The summed E-state index contributed by atoms with van der Waals surface area (Å²) in [7, 11) is 0. The van der Waals surface area contributed by atoms with E-state index >= 15 is 0 Å². The smallest absolute Gasteiger partial charge is 0.252 e. The number of anilines is 4. The molecule has 1 saturated heterocycles. The minimum atomic E-state index is -0.503. The molecule has 4 rings (SSSR count). The first-order valence-corrected chi connectivity index (χ1v) is 10.4. The number of rotatable bonds is 5. The number of nitrogen functional groups attached to an aromatic ring is 1. The van der Waals surface area contributed by atoms with E-state index < -0.39 is 5.91 Å². The first-order chi connectivity index (χ1) is 14.1. The number of pyridine rings is 1. The van der Waals surface area contributed by atoms with Crippen LogP contribution in [0.3, 0.4) is 0 Å². The fourth-order valence-electron chi connectivity index (χ4n) is 4.38. The number of hydrogen-bond acceptors (Lipinski definition) is 6. The molecule has 154 valence electrons. The molecule has 7 nitrogen and oxygen atoms in total. The fraction of sp³-hybridized carbons (Fsp3) is 0.455. The number of primary amides is 1. The third kappa shape index (κ3) is 4.45. The van der Waals surface area contributed by atoms with Crippen LogP contribution in [-0.4, -0.2) is 37.2 Å². The molecule has 7 heteroatoms. The molecule has 29 heavy (non-hydrogen) atoms. The largest absolute Gasteiger partial charge is 0.383 e. The topological polar surface area (TPSA) is 106 Å². The summed E-state index contributed by atoms with van der Waals surface area (Å²) < 4.78 is 5.42. The van der Waals surface area contributed by atoms with Gasteiger partial charge >= 0.3 is 0 Å². The van der Waals surface area contributed by atoms with Gasteiger partial charge in [-0.2, -0.15) is 0 Å². The van der Waals surface area contributed by atoms with Crippen molar-refractivity contribution in [3.05, 3.63) is 41.5 Å². The molecule has 0 atom stereocenters. The van der Waals surface area contributed by atoms with Gasteiger partial charge in [0.15, 0.2) is 0 Å². The molecule has 1 aromatic heterocycles. The summed E-state index contributed by atoms with van der Waals surface area (Å²) in [4.78, 5) is 18.7. The molecule has 1 amide bonds. The van der Waals surface area contributed by atoms with Gasteiger partial charge in [0, 0.05) is 24.5 Å². The minimum Gasteiger partial charge on any atom is -0.383 e. The summed E-state index contributed by atoms with van der Waals surface area (Å²) in [6.07, 6.45) is 5.67. The van der Waals surface area contributed by atoms with Crippen molar-refractivity contribution in [3.8, 4) is 0 Å². The Balaban J connectivity index is 1.56. The van der Waals surface area contributed by atoms with Gasteiger partial charge in [-0.3, -0.25) is 4.79 Å². The van der Waals surface area contributed by atoms with Crippen LogP contribution in [0.4, 0.5) is 23.0 Å². The lowest BCUT2D eigenvalue weighted by molar-refractivity contribution is 0.0999. The van der Waals surface area contributed by atoms with Gasteiger partial charge in [-0.25, -0.2) is 4.98 Å². The van der Waals surface area contributed by atoms with Gasteiger partial charge in [0.2, 0.25) is 0 Å². The molecule has 0 spiro atoms. The highest BCUT2D eigenvalue weighted by atomic mass is 16.5. The van der Waals surface area contributed by atoms with Crippen molar-refractivity contribution >= 4 is 28.9 Å². The average Bonchev–Trinajstić information content (AvgIpc) is 2.75. The summed E-state index contributed by atoms with van der Waals surface area (Å²) in [5, 5.41) is 3.33. The van der Waals surface area contributed by atoms with Gasteiger partial charge in [0.1, 0.15) is 11.6 Å². The van der Waals surface area contributed by atoms with Crippen LogP contribution >= 0.6 is 0 Å². The molecule has 0 unspecified atom stereocenters. The van der Waals surface area contributed by atoms with Gasteiger partial charge in [-0.15, -0.1) is 0 Å². The number of hydrogen-bond donors (Lipinski definition) is 3. The van der Waals surface area contributed by atoms with Crippen LogP contribution in [0.25, 0.3) is 0 Å². The van der Waals surface area contributed by atoms with E-state index in [1.54, 1.807) is 0 Å². The predicted molar refractivity (Wildman–Crippen MR) is 116 cm³/mol. The van der Waals surface area contributed by atoms with Gasteiger partial charge in [0.25, 0.3) is 5.91 Å². The summed E-state index contributed by atoms with van der Waals surface area (Å²) in [5.41, 5.74) is 15.2. The maximum absolute atomic E-state index is 12.0. The van der Waals surface area contributed by atoms with Crippen LogP contribution in [0, 0.1) is 0 Å². The first-order valence-electron chi connectivity index (χ1n) is 10.4. The number of amides is 1. The van der Waals surface area contributed by atoms with E-state index in [4.69, 9.17) is 16.2 Å². The van der Waals surface area contributed by atoms with E-state index in [0.717, 1.165) is 63.2 Å². The van der Waals surface area contributed by atoms with Gasteiger partial charge < -0.3 is 26.4 Å². The van der Waals surface area contributed by atoms with Gasteiger partial charge in [0.05, 0.1) is 18.8 Å². The molecule has 1 saturated carbocycles. The Morgan fingerprint density at radius 1 is 1.10 bits per heavy atom. The SMILES string of the molecule is NC(=O)c1c(C2CCCCC2)cc(Nc2ccc(N3CCOCC3)cc2)nc1N. The normalized spacial score (nSPS) is 17.9. The van der Waals surface area contributed by atoms with Crippen molar-refractivity contribution in [1.29, 1.82) is 0 Å². The third-order valence-electron chi connectivity index (χ3n) is 5.89. The summed E-state index contributed by atoms with van der Waals surface area (Å²) in [6.45, 7) is 3.34. The number of nitrogens with two attached hydrogens (primary N) is 2. The van der Waals surface area contributed by atoms with E-state index in [1.807, 2.05) is 18.2 Å². The zero-order chi connectivity index (χ0) is 20.2. The molecule has 2 fully saturated rings. The molecule has 2 aliphatic rings. The highest BCUT2D eigenvalue weighted by molar-refractivity contribution is 5.99. The fourth-order valence-corrected chi connectivity index (χ4v) is 4.38. The Labute approximate surface area is 171 Å². The van der Waals surface area contributed by atoms with Crippen LogP contribution in [-0.2, 0) is 4.74 Å². The number of carbonyl (C=O) groups excluding carboxylic acids is 1. The molecule has 0 bridgehead atoms. The van der Waals surface area contributed by atoms with E-state index in [1.165, 1.54) is 12.1 Å². The molecule has 1 aromatic carbocycles. The molecular weight excluding hydrogens is 366 g/mol. The number of benzene rings is 1. The molecular formula is C22H29N5O2. The average molecular weight is 396 g/mol. The summed E-state index contributed by atoms with van der Waals surface area (Å²) in [5.74, 6) is 0.651. The van der Waals surface area contributed by atoms with Crippen LogP contribution in [0.2, 0.25) is 0 Å². The van der Waals surface area contributed by atoms with Crippen LogP contribution < -0.4 is 21.7 Å². The molecule has 1 aliphatic carbocycles. The second-order valence-corrected chi connectivity index (χ2v) is 7.83. The number of nitrogens with zero attached hydrogens (tertiary/aromatic N) is 2. The number of carbonyl (C=O) groups is 1. The maximum Gasteiger partial charge on any atom is 0.252 e. The minimum absolute atomic E-state index is 0.202. The lowest BCUT2D eigenvalue weighted by Gasteiger charge is -2.29. The van der Waals surface area contributed by atoms with Crippen molar-refractivity contribution in [3.63, 3.8) is 0 Å². The third-order valence-corrected chi connectivity index (χ3v) is 5.89.